The first-order valence-electron chi connectivity index (χ1n) is 6.67. The Morgan fingerprint density at radius 3 is 1.95 bits per heavy atom. The molecule has 2 N–H and O–H groups in total. The molecule has 0 fully saturated rings. The zero-order chi connectivity index (χ0) is 14.6. The third-order valence-corrected chi connectivity index (χ3v) is 3.96. The summed E-state index contributed by atoms with van der Waals surface area (Å²) in [5, 5.41) is 1.67. The number of carbonyl (C=O) groups excluding carboxylic acids is 2. The van der Waals surface area contributed by atoms with E-state index in [1.165, 1.54) is 0 Å². The number of ketones is 2. The van der Waals surface area contributed by atoms with E-state index in [4.69, 9.17) is 5.73 Å². The fourth-order valence-corrected chi connectivity index (χ4v) is 2.89. The number of anilines is 1. The molecule has 0 saturated heterocycles. The molecule has 0 aliphatic heterocycles. The molecule has 0 aromatic heterocycles. The van der Waals surface area contributed by atoms with Crippen molar-refractivity contribution in [3.63, 3.8) is 0 Å². The van der Waals surface area contributed by atoms with Gasteiger partial charge < -0.3 is 5.73 Å². The van der Waals surface area contributed by atoms with E-state index >= 15 is 0 Å². The molecule has 21 heavy (non-hydrogen) atoms. The van der Waals surface area contributed by atoms with E-state index in [1.807, 2.05) is 12.1 Å². The zero-order valence-electron chi connectivity index (χ0n) is 11.1. The van der Waals surface area contributed by atoms with Crippen molar-refractivity contribution in [3.05, 3.63) is 76.9 Å². The fraction of sp³-hybridized carbons (Fsp3) is 0. The number of nitrogens with two attached hydrogens (primary N) is 1. The maximum absolute atomic E-state index is 12.6. The van der Waals surface area contributed by atoms with Gasteiger partial charge in [-0.15, -0.1) is 0 Å². The Labute approximate surface area is 121 Å². The molecule has 3 nitrogen and oxygen atoms in total. The third-order valence-electron chi connectivity index (χ3n) is 3.96. The molecule has 0 bridgehead atoms. The molecule has 0 amide bonds. The van der Waals surface area contributed by atoms with Gasteiger partial charge in [-0.1, -0.05) is 36.4 Å². The van der Waals surface area contributed by atoms with Gasteiger partial charge in [0.1, 0.15) is 0 Å². The van der Waals surface area contributed by atoms with Crippen LogP contribution in [0.1, 0.15) is 31.8 Å². The van der Waals surface area contributed by atoms with Gasteiger partial charge in [-0.25, -0.2) is 0 Å². The van der Waals surface area contributed by atoms with E-state index in [1.54, 1.807) is 42.5 Å². The molecule has 4 rings (SSSR count). The van der Waals surface area contributed by atoms with E-state index in [2.05, 4.69) is 0 Å². The second-order valence-electron chi connectivity index (χ2n) is 5.17. The van der Waals surface area contributed by atoms with E-state index < -0.39 is 0 Å². The van der Waals surface area contributed by atoms with Crippen LogP contribution >= 0.6 is 0 Å². The lowest BCUT2D eigenvalue weighted by atomic mass is 9.83. The summed E-state index contributed by atoms with van der Waals surface area (Å²) in [5.74, 6) is -0.227. The Balaban J connectivity index is 2.09. The van der Waals surface area contributed by atoms with Gasteiger partial charge in [0.15, 0.2) is 11.6 Å². The molecule has 0 saturated carbocycles. The number of carbonyl (C=O) groups is 2. The van der Waals surface area contributed by atoms with Crippen LogP contribution in [0.3, 0.4) is 0 Å². The Morgan fingerprint density at radius 1 is 0.667 bits per heavy atom. The maximum atomic E-state index is 12.6. The summed E-state index contributed by atoms with van der Waals surface area (Å²) in [6, 6.07) is 15.9. The van der Waals surface area contributed by atoms with E-state index in [-0.39, 0.29) is 11.6 Å². The topological polar surface area (TPSA) is 60.2 Å². The first kappa shape index (κ1) is 11.9. The van der Waals surface area contributed by atoms with Crippen LogP contribution in [-0.4, -0.2) is 11.6 Å². The lowest BCUT2D eigenvalue weighted by Crippen LogP contribution is -2.20. The van der Waals surface area contributed by atoms with Crippen LogP contribution in [-0.2, 0) is 0 Å². The van der Waals surface area contributed by atoms with Crippen molar-refractivity contribution in [1.82, 2.24) is 0 Å². The molecule has 100 valence electrons. The predicted molar refractivity (Wildman–Crippen MR) is 81.7 cm³/mol. The summed E-state index contributed by atoms with van der Waals surface area (Å²) < 4.78 is 0. The number of fused-ring (bicyclic) bond motifs is 3. The highest BCUT2D eigenvalue weighted by Gasteiger charge is 2.29. The summed E-state index contributed by atoms with van der Waals surface area (Å²) >= 11 is 0. The molecule has 0 heterocycles. The van der Waals surface area contributed by atoms with Crippen molar-refractivity contribution in [1.29, 1.82) is 0 Å². The van der Waals surface area contributed by atoms with Gasteiger partial charge in [0.25, 0.3) is 0 Å². The minimum Gasteiger partial charge on any atom is -0.398 e. The summed E-state index contributed by atoms with van der Waals surface area (Å²) in [6.07, 6.45) is 0. The maximum Gasteiger partial charge on any atom is 0.194 e. The number of hydrogen-bond donors (Lipinski definition) is 1. The van der Waals surface area contributed by atoms with E-state index in [9.17, 15) is 9.59 Å². The average molecular weight is 273 g/mol. The molecule has 0 atom stereocenters. The SMILES string of the molecule is Nc1cccc2cc3c(cc12)C(=O)c1ccccc1C3=O. The smallest absolute Gasteiger partial charge is 0.194 e. The van der Waals surface area contributed by atoms with Crippen molar-refractivity contribution in [3.8, 4) is 0 Å². The molecule has 1 aliphatic rings. The standard InChI is InChI=1S/C18H11NO2/c19-16-7-3-4-10-8-14-15(9-13(10)16)18(21)12-6-2-1-5-11(12)17(14)20/h1-9H,19H2. The minimum atomic E-state index is -0.120. The van der Waals surface area contributed by atoms with Gasteiger partial charge in [0.2, 0.25) is 0 Å². The summed E-state index contributed by atoms with van der Waals surface area (Å²) in [7, 11) is 0. The number of hydrogen-bond acceptors (Lipinski definition) is 3. The van der Waals surface area contributed by atoms with Crippen LogP contribution in [0.5, 0.6) is 0 Å². The first-order chi connectivity index (χ1) is 10.2. The number of rotatable bonds is 0. The highest BCUT2D eigenvalue weighted by Crippen LogP contribution is 2.32. The molecular weight excluding hydrogens is 262 g/mol. The fourth-order valence-electron chi connectivity index (χ4n) is 2.89. The zero-order valence-corrected chi connectivity index (χ0v) is 11.1. The van der Waals surface area contributed by atoms with Crippen LogP contribution < -0.4 is 5.73 Å². The second kappa shape index (κ2) is 4.03. The molecule has 3 aromatic carbocycles. The van der Waals surface area contributed by atoms with E-state index in [0.717, 1.165) is 10.8 Å². The van der Waals surface area contributed by atoms with Gasteiger partial charge in [-0.05, 0) is 23.6 Å². The van der Waals surface area contributed by atoms with Crippen molar-refractivity contribution in [2.45, 2.75) is 0 Å². The second-order valence-corrected chi connectivity index (χ2v) is 5.17. The third kappa shape index (κ3) is 1.54. The Kier molecular flexibility index (Phi) is 2.27. The van der Waals surface area contributed by atoms with Crippen LogP contribution in [0.25, 0.3) is 10.8 Å². The van der Waals surface area contributed by atoms with Crippen molar-refractivity contribution in [2.24, 2.45) is 0 Å². The summed E-state index contributed by atoms with van der Waals surface area (Å²) in [4.78, 5) is 25.2. The number of nitrogen functional groups attached to an aromatic ring is 1. The average Bonchev–Trinajstić information content (AvgIpc) is 2.52. The highest BCUT2D eigenvalue weighted by molar-refractivity contribution is 6.29. The predicted octanol–water partition coefficient (Wildman–Crippen LogP) is 3.20. The van der Waals surface area contributed by atoms with Crippen LogP contribution in [0, 0.1) is 0 Å². The Hall–Kier alpha value is -2.94. The minimum absolute atomic E-state index is 0.107. The van der Waals surface area contributed by atoms with Crippen LogP contribution in [0.2, 0.25) is 0 Å². The molecule has 3 heteroatoms. The monoisotopic (exact) mass is 273 g/mol. The Bertz CT molecular complexity index is 941. The molecule has 1 aliphatic carbocycles. The van der Waals surface area contributed by atoms with Gasteiger partial charge >= 0.3 is 0 Å². The van der Waals surface area contributed by atoms with Crippen molar-refractivity contribution < 1.29 is 9.59 Å². The molecule has 0 unspecified atom stereocenters. The normalized spacial score (nSPS) is 13.1. The molecular formula is C18H11NO2. The molecule has 3 aromatic rings. The Morgan fingerprint density at radius 2 is 1.29 bits per heavy atom. The quantitative estimate of drug-likeness (QED) is 0.500. The van der Waals surface area contributed by atoms with Crippen molar-refractivity contribution in [2.75, 3.05) is 5.73 Å². The van der Waals surface area contributed by atoms with Gasteiger partial charge in [0, 0.05) is 33.3 Å². The van der Waals surface area contributed by atoms with E-state index in [0.29, 0.717) is 27.9 Å². The molecule has 0 radical (unpaired) electrons. The lowest BCUT2D eigenvalue weighted by molar-refractivity contribution is 0.0979. The highest BCUT2D eigenvalue weighted by atomic mass is 16.1. The van der Waals surface area contributed by atoms with Gasteiger partial charge in [-0.3, -0.25) is 9.59 Å². The van der Waals surface area contributed by atoms with Crippen molar-refractivity contribution >= 4 is 28.0 Å². The van der Waals surface area contributed by atoms with Crippen LogP contribution in [0.4, 0.5) is 5.69 Å². The van der Waals surface area contributed by atoms with Gasteiger partial charge in [-0.2, -0.15) is 0 Å². The largest absolute Gasteiger partial charge is 0.398 e. The summed E-state index contributed by atoms with van der Waals surface area (Å²) in [5.41, 5.74) is 8.40. The lowest BCUT2D eigenvalue weighted by Gasteiger charge is -2.18. The molecule has 0 spiro atoms. The summed E-state index contributed by atoms with van der Waals surface area (Å²) in [6.45, 7) is 0. The first-order valence-corrected chi connectivity index (χ1v) is 6.67. The number of benzene rings is 3. The van der Waals surface area contributed by atoms with Crippen LogP contribution in [0.15, 0.2) is 54.6 Å². The van der Waals surface area contributed by atoms with Gasteiger partial charge in [0.05, 0.1) is 0 Å².